The third-order valence-electron chi connectivity index (χ3n) is 3.12. The number of para-hydroxylation sites is 1. The second-order valence-corrected chi connectivity index (χ2v) is 4.42. The van der Waals surface area contributed by atoms with Crippen molar-refractivity contribution < 1.29 is 0 Å². The van der Waals surface area contributed by atoms with Crippen LogP contribution in [0.2, 0.25) is 0 Å². The van der Waals surface area contributed by atoms with Gasteiger partial charge in [-0.25, -0.2) is 0 Å². The maximum atomic E-state index is 3.44. The molecule has 0 saturated heterocycles. The summed E-state index contributed by atoms with van der Waals surface area (Å²) in [7, 11) is 2.15. The van der Waals surface area contributed by atoms with Crippen molar-refractivity contribution >= 4 is 16.6 Å². The van der Waals surface area contributed by atoms with Crippen molar-refractivity contribution in [3.05, 3.63) is 30.0 Å². The Hall–Kier alpha value is -1.48. The molecule has 0 unspecified atom stereocenters. The van der Waals surface area contributed by atoms with Gasteiger partial charge in [0.1, 0.15) is 0 Å². The summed E-state index contributed by atoms with van der Waals surface area (Å²) < 4.78 is 0. The first-order chi connectivity index (χ1) is 8.24. The van der Waals surface area contributed by atoms with Gasteiger partial charge in [-0.05, 0) is 19.5 Å². The highest BCUT2D eigenvalue weighted by Crippen LogP contribution is 2.29. The molecule has 2 N–H and O–H groups in total. The average molecular weight is 231 g/mol. The summed E-state index contributed by atoms with van der Waals surface area (Å²) in [5.41, 5.74) is 3.78. The second kappa shape index (κ2) is 5.23. The quantitative estimate of drug-likeness (QED) is 0.775. The molecule has 1 aromatic carbocycles. The minimum atomic E-state index is 1.02. The third kappa shape index (κ3) is 2.44. The van der Waals surface area contributed by atoms with Gasteiger partial charge in [0.25, 0.3) is 0 Å². The fourth-order valence-corrected chi connectivity index (χ4v) is 2.29. The minimum absolute atomic E-state index is 1.02. The van der Waals surface area contributed by atoms with Crippen LogP contribution in [0.4, 0.5) is 5.69 Å². The van der Waals surface area contributed by atoms with Gasteiger partial charge in [0.05, 0.1) is 5.69 Å². The zero-order chi connectivity index (χ0) is 12.3. The van der Waals surface area contributed by atoms with Crippen molar-refractivity contribution in [2.75, 3.05) is 31.6 Å². The van der Waals surface area contributed by atoms with Crippen LogP contribution in [0, 0.1) is 6.92 Å². The van der Waals surface area contributed by atoms with Crippen LogP contribution in [0.15, 0.2) is 24.3 Å². The van der Waals surface area contributed by atoms with Gasteiger partial charge in [-0.2, -0.15) is 0 Å². The van der Waals surface area contributed by atoms with Crippen LogP contribution in [-0.2, 0) is 0 Å². The third-order valence-corrected chi connectivity index (χ3v) is 3.12. The molecule has 0 atom stereocenters. The van der Waals surface area contributed by atoms with Crippen LogP contribution < -0.4 is 10.2 Å². The molecule has 3 heteroatoms. The molecule has 2 rings (SSSR count). The van der Waals surface area contributed by atoms with Gasteiger partial charge in [-0.1, -0.05) is 25.1 Å². The number of hydrogen-bond acceptors (Lipinski definition) is 2. The molecule has 0 amide bonds. The van der Waals surface area contributed by atoms with Gasteiger partial charge in [0, 0.05) is 36.7 Å². The van der Waals surface area contributed by atoms with Gasteiger partial charge < -0.3 is 15.2 Å². The molecule has 2 aromatic rings. The predicted molar refractivity (Wildman–Crippen MR) is 74.8 cm³/mol. The van der Waals surface area contributed by atoms with E-state index in [1.807, 2.05) is 0 Å². The van der Waals surface area contributed by atoms with E-state index in [4.69, 9.17) is 0 Å². The van der Waals surface area contributed by atoms with E-state index in [1.54, 1.807) is 0 Å². The van der Waals surface area contributed by atoms with Crippen molar-refractivity contribution in [2.45, 2.75) is 13.8 Å². The molecule has 0 spiro atoms. The molecule has 92 valence electrons. The predicted octanol–water partition coefficient (Wildman–Crippen LogP) is 2.52. The van der Waals surface area contributed by atoms with E-state index >= 15 is 0 Å². The Balaban J connectivity index is 2.24. The van der Waals surface area contributed by atoms with Crippen molar-refractivity contribution in [3.8, 4) is 0 Å². The molecule has 0 aliphatic heterocycles. The number of fused-ring (bicyclic) bond motifs is 1. The number of hydrogen-bond donors (Lipinski definition) is 2. The Kier molecular flexibility index (Phi) is 3.69. The molecule has 0 bridgehead atoms. The number of rotatable bonds is 5. The Morgan fingerprint density at radius 2 is 2.06 bits per heavy atom. The number of nitrogens with one attached hydrogen (secondary N) is 2. The molecule has 0 radical (unpaired) electrons. The Labute approximate surface area is 103 Å². The van der Waals surface area contributed by atoms with Crippen molar-refractivity contribution in [2.24, 2.45) is 0 Å². The molecule has 0 aliphatic rings. The highest BCUT2D eigenvalue weighted by Gasteiger charge is 2.11. The number of anilines is 1. The number of likely N-dealkylation sites (N-methyl/N-ethyl adjacent to an activating group) is 2. The maximum Gasteiger partial charge on any atom is 0.0652 e. The Bertz CT molecular complexity index is 487. The van der Waals surface area contributed by atoms with Crippen LogP contribution in [0.3, 0.4) is 0 Å². The lowest BCUT2D eigenvalue weighted by Gasteiger charge is -2.19. The summed E-state index contributed by atoms with van der Waals surface area (Å²) in [5.74, 6) is 0. The lowest BCUT2D eigenvalue weighted by atomic mass is 10.2. The van der Waals surface area contributed by atoms with E-state index in [2.05, 4.69) is 60.4 Å². The van der Waals surface area contributed by atoms with E-state index in [-0.39, 0.29) is 0 Å². The highest BCUT2D eigenvalue weighted by molar-refractivity contribution is 5.94. The first-order valence-corrected chi connectivity index (χ1v) is 6.23. The molecule has 0 aliphatic carbocycles. The topological polar surface area (TPSA) is 31.1 Å². The summed E-state index contributed by atoms with van der Waals surface area (Å²) >= 11 is 0. The summed E-state index contributed by atoms with van der Waals surface area (Å²) in [6, 6.07) is 8.47. The number of aromatic nitrogens is 1. The number of aromatic amines is 1. The van der Waals surface area contributed by atoms with Crippen LogP contribution >= 0.6 is 0 Å². The fraction of sp³-hybridized carbons (Fsp3) is 0.429. The zero-order valence-electron chi connectivity index (χ0n) is 10.9. The van der Waals surface area contributed by atoms with Crippen molar-refractivity contribution in [1.82, 2.24) is 10.3 Å². The molecular formula is C14H21N3. The van der Waals surface area contributed by atoms with Gasteiger partial charge >= 0.3 is 0 Å². The number of aryl methyl sites for hydroxylation is 1. The van der Waals surface area contributed by atoms with E-state index in [0.717, 1.165) is 19.6 Å². The molecule has 1 aromatic heterocycles. The molecule has 17 heavy (non-hydrogen) atoms. The standard InChI is InChI=1S/C14H21N3/c1-4-15-9-10-17(3)14-11(2)16-13-8-6-5-7-12(13)14/h5-8,15-16H,4,9-10H2,1-3H3. The number of H-pyrrole nitrogens is 1. The van der Waals surface area contributed by atoms with Crippen LogP contribution in [-0.4, -0.2) is 31.7 Å². The summed E-state index contributed by atoms with van der Waals surface area (Å²) in [5, 5.41) is 4.67. The fourth-order valence-electron chi connectivity index (χ4n) is 2.29. The van der Waals surface area contributed by atoms with Crippen LogP contribution in [0.25, 0.3) is 10.9 Å². The lowest BCUT2D eigenvalue weighted by molar-refractivity contribution is 0.706. The molecule has 1 heterocycles. The van der Waals surface area contributed by atoms with E-state index < -0.39 is 0 Å². The lowest BCUT2D eigenvalue weighted by Crippen LogP contribution is -2.29. The molecule has 0 saturated carbocycles. The highest BCUT2D eigenvalue weighted by atomic mass is 15.1. The Morgan fingerprint density at radius 3 is 2.82 bits per heavy atom. The largest absolute Gasteiger partial charge is 0.371 e. The van der Waals surface area contributed by atoms with Gasteiger partial charge in [-0.3, -0.25) is 0 Å². The second-order valence-electron chi connectivity index (χ2n) is 4.42. The number of benzene rings is 1. The van der Waals surface area contributed by atoms with Crippen molar-refractivity contribution in [1.29, 1.82) is 0 Å². The normalized spacial score (nSPS) is 11.0. The first kappa shape index (κ1) is 12.0. The molecule has 0 fully saturated rings. The summed E-state index contributed by atoms with van der Waals surface area (Å²) in [4.78, 5) is 5.75. The zero-order valence-corrected chi connectivity index (χ0v) is 10.9. The van der Waals surface area contributed by atoms with Gasteiger partial charge in [0.15, 0.2) is 0 Å². The Morgan fingerprint density at radius 1 is 1.29 bits per heavy atom. The van der Waals surface area contributed by atoms with Gasteiger partial charge in [0.2, 0.25) is 0 Å². The number of nitrogens with zero attached hydrogens (tertiary/aromatic N) is 1. The van der Waals surface area contributed by atoms with Crippen LogP contribution in [0.5, 0.6) is 0 Å². The molecule has 3 nitrogen and oxygen atoms in total. The first-order valence-electron chi connectivity index (χ1n) is 6.23. The van der Waals surface area contributed by atoms with E-state index in [0.29, 0.717) is 0 Å². The van der Waals surface area contributed by atoms with Gasteiger partial charge in [-0.15, -0.1) is 0 Å². The molecular weight excluding hydrogens is 210 g/mol. The van der Waals surface area contributed by atoms with Crippen molar-refractivity contribution in [3.63, 3.8) is 0 Å². The minimum Gasteiger partial charge on any atom is -0.371 e. The smallest absolute Gasteiger partial charge is 0.0652 e. The average Bonchev–Trinajstić information content (AvgIpc) is 2.65. The maximum absolute atomic E-state index is 3.44. The SMILES string of the molecule is CCNCCN(C)c1c(C)[nH]c2ccccc12. The van der Waals surface area contributed by atoms with E-state index in [9.17, 15) is 0 Å². The summed E-state index contributed by atoms with van der Waals surface area (Å²) in [6.45, 7) is 7.35. The van der Waals surface area contributed by atoms with E-state index in [1.165, 1.54) is 22.3 Å². The van der Waals surface area contributed by atoms with Crippen LogP contribution in [0.1, 0.15) is 12.6 Å². The monoisotopic (exact) mass is 231 g/mol. The summed E-state index contributed by atoms with van der Waals surface area (Å²) in [6.07, 6.45) is 0.